The van der Waals surface area contributed by atoms with E-state index in [2.05, 4.69) is 25.5 Å². The normalized spacial score (nSPS) is 10.6. The number of nitrogens with one attached hydrogen (secondary N) is 1. The fourth-order valence-electron chi connectivity index (χ4n) is 1.78. The summed E-state index contributed by atoms with van der Waals surface area (Å²) < 4.78 is 12.9. The van der Waals surface area contributed by atoms with Crippen LogP contribution in [-0.2, 0) is 6.54 Å². The molecule has 106 valence electrons. The second-order valence-corrected chi connectivity index (χ2v) is 5.35. The van der Waals surface area contributed by atoms with Gasteiger partial charge in [-0.15, -0.1) is 16.4 Å². The van der Waals surface area contributed by atoms with Crippen molar-refractivity contribution in [2.45, 2.75) is 13.5 Å². The smallest absolute Gasteiger partial charge is 0.243 e. The van der Waals surface area contributed by atoms with E-state index < -0.39 is 0 Å². The van der Waals surface area contributed by atoms with E-state index in [1.165, 1.54) is 12.1 Å². The van der Waals surface area contributed by atoms with Crippen LogP contribution in [0.15, 0.2) is 35.8 Å². The van der Waals surface area contributed by atoms with Crippen LogP contribution >= 0.6 is 11.3 Å². The van der Waals surface area contributed by atoms with Crippen molar-refractivity contribution in [1.29, 1.82) is 0 Å². The predicted octanol–water partition coefficient (Wildman–Crippen LogP) is 3.05. The van der Waals surface area contributed by atoms with Crippen molar-refractivity contribution in [3.63, 3.8) is 0 Å². The lowest BCUT2D eigenvalue weighted by atomic mass is 10.2. The molecule has 0 radical (unpaired) electrons. The van der Waals surface area contributed by atoms with E-state index in [1.807, 2.05) is 12.3 Å². The van der Waals surface area contributed by atoms with Crippen molar-refractivity contribution >= 4 is 17.3 Å². The van der Waals surface area contributed by atoms with E-state index in [1.54, 1.807) is 29.7 Å². The van der Waals surface area contributed by atoms with Crippen LogP contribution in [0.25, 0.3) is 11.3 Å². The Balaban J connectivity index is 1.75. The Labute approximate surface area is 124 Å². The van der Waals surface area contributed by atoms with Crippen LogP contribution in [0.1, 0.15) is 10.7 Å². The third-order valence-corrected chi connectivity index (χ3v) is 3.73. The van der Waals surface area contributed by atoms with Gasteiger partial charge in [0.1, 0.15) is 10.8 Å². The summed E-state index contributed by atoms with van der Waals surface area (Å²) in [5.74, 6) is 0.142. The topological polar surface area (TPSA) is 63.6 Å². The molecule has 0 aliphatic carbocycles. The highest BCUT2D eigenvalue weighted by Gasteiger charge is 2.05. The Morgan fingerprint density at radius 1 is 1.19 bits per heavy atom. The number of rotatable bonds is 4. The van der Waals surface area contributed by atoms with Crippen LogP contribution in [0.5, 0.6) is 0 Å². The SMILES string of the molecule is Cc1csc(CNc2nncc(-c3ccc(F)cc3)n2)n1. The molecule has 5 nitrogen and oxygen atoms in total. The number of halogens is 1. The number of hydrogen-bond donors (Lipinski definition) is 1. The number of benzene rings is 1. The highest BCUT2D eigenvalue weighted by Crippen LogP contribution is 2.17. The van der Waals surface area contributed by atoms with Gasteiger partial charge in [-0.05, 0) is 31.2 Å². The van der Waals surface area contributed by atoms with Crippen LogP contribution in [0.4, 0.5) is 10.3 Å². The Hall–Kier alpha value is -2.41. The third-order valence-electron chi connectivity index (χ3n) is 2.76. The third kappa shape index (κ3) is 3.38. The standard InChI is InChI=1S/C14H12FN5S/c1-9-8-21-13(18-9)7-16-14-19-12(6-17-20-14)10-2-4-11(15)5-3-10/h2-6,8H,7H2,1H3,(H,16,19,20). The van der Waals surface area contributed by atoms with Gasteiger partial charge in [0, 0.05) is 16.6 Å². The molecule has 2 aromatic heterocycles. The lowest BCUT2D eigenvalue weighted by molar-refractivity contribution is 0.628. The van der Waals surface area contributed by atoms with Crippen molar-refractivity contribution in [3.8, 4) is 11.3 Å². The molecule has 0 bridgehead atoms. The average Bonchev–Trinajstić information content (AvgIpc) is 2.92. The van der Waals surface area contributed by atoms with Gasteiger partial charge in [0.25, 0.3) is 0 Å². The molecule has 0 atom stereocenters. The van der Waals surface area contributed by atoms with Crippen LogP contribution < -0.4 is 5.32 Å². The number of aryl methyl sites for hydroxylation is 1. The Bertz CT molecular complexity index is 741. The average molecular weight is 301 g/mol. The first-order chi connectivity index (χ1) is 10.2. The summed E-state index contributed by atoms with van der Waals surface area (Å²) in [6.45, 7) is 2.50. The monoisotopic (exact) mass is 301 g/mol. The molecule has 3 rings (SSSR count). The van der Waals surface area contributed by atoms with Gasteiger partial charge < -0.3 is 5.32 Å². The van der Waals surface area contributed by atoms with Gasteiger partial charge in [-0.25, -0.2) is 14.4 Å². The molecule has 0 unspecified atom stereocenters. The van der Waals surface area contributed by atoms with Gasteiger partial charge in [0.15, 0.2) is 0 Å². The number of hydrogen-bond acceptors (Lipinski definition) is 6. The Kier molecular flexibility index (Phi) is 3.83. The molecule has 21 heavy (non-hydrogen) atoms. The molecular weight excluding hydrogens is 289 g/mol. The summed E-state index contributed by atoms with van der Waals surface area (Å²) in [5, 5.41) is 13.9. The fraction of sp³-hybridized carbons (Fsp3) is 0.143. The van der Waals surface area contributed by atoms with Gasteiger partial charge >= 0.3 is 0 Å². The Morgan fingerprint density at radius 2 is 2.00 bits per heavy atom. The summed E-state index contributed by atoms with van der Waals surface area (Å²) >= 11 is 1.58. The van der Waals surface area contributed by atoms with E-state index >= 15 is 0 Å². The fourth-order valence-corrected chi connectivity index (χ4v) is 2.49. The lowest BCUT2D eigenvalue weighted by Crippen LogP contribution is -2.05. The molecule has 0 fully saturated rings. The molecule has 1 N–H and O–H groups in total. The van der Waals surface area contributed by atoms with Gasteiger partial charge in [0.05, 0.1) is 18.4 Å². The summed E-state index contributed by atoms with van der Waals surface area (Å²) in [5.41, 5.74) is 2.43. The first kappa shape index (κ1) is 13.6. The molecule has 0 aliphatic heterocycles. The van der Waals surface area contributed by atoms with Gasteiger partial charge in [-0.1, -0.05) is 0 Å². The summed E-state index contributed by atoms with van der Waals surface area (Å²) in [6, 6.07) is 6.10. The summed E-state index contributed by atoms with van der Waals surface area (Å²) in [7, 11) is 0. The minimum absolute atomic E-state index is 0.279. The summed E-state index contributed by atoms with van der Waals surface area (Å²) in [6.07, 6.45) is 1.55. The van der Waals surface area contributed by atoms with Crippen LogP contribution in [-0.4, -0.2) is 20.2 Å². The Morgan fingerprint density at radius 3 is 2.71 bits per heavy atom. The van der Waals surface area contributed by atoms with E-state index in [0.717, 1.165) is 16.3 Å². The van der Waals surface area contributed by atoms with Crippen molar-refractivity contribution in [2.75, 3.05) is 5.32 Å². The molecule has 3 aromatic rings. The molecule has 2 heterocycles. The number of thiazole rings is 1. The molecule has 7 heteroatoms. The van der Waals surface area contributed by atoms with Crippen molar-refractivity contribution in [3.05, 3.63) is 52.4 Å². The second-order valence-electron chi connectivity index (χ2n) is 4.41. The largest absolute Gasteiger partial charge is 0.346 e. The molecule has 0 saturated heterocycles. The quantitative estimate of drug-likeness (QED) is 0.802. The maximum atomic E-state index is 12.9. The second kappa shape index (κ2) is 5.92. The maximum absolute atomic E-state index is 12.9. The van der Waals surface area contributed by atoms with Crippen molar-refractivity contribution < 1.29 is 4.39 Å². The zero-order valence-electron chi connectivity index (χ0n) is 11.2. The molecule has 0 amide bonds. The molecule has 0 spiro atoms. The minimum Gasteiger partial charge on any atom is -0.346 e. The highest BCUT2D eigenvalue weighted by atomic mass is 32.1. The van der Waals surface area contributed by atoms with Crippen molar-refractivity contribution in [2.24, 2.45) is 0 Å². The molecule has 1 aromatic carbocycles. The summed E-state index contributed by atoms with van der Waals surface area (Å²) in [4.78, 5) is 8.72. The van der Waals surface area contributed by atoms with Crippen LogP contribution in [0.3, 0.4) is 0 Å². The zero-order valence-corrected chi connectivity index (χ0v) is 12.1. The van der Waals surface area contributed by atoms with E-state index in [-0.39, 0.29) is 5.82 Å². The lowest BCUT2D eigenvalue weighted by Gasteiger charge is -2.04. The van der Waals surface area contributed by atoms with Gasteiger partial charge in [-0.2, -0.15) is 5.10 Å². The highest BCUT2D eigenvalue weighted by molar-refractivity contribution is 7.09. The number of anilines is 1. The number of nitrogens with zero attached hydrogens (tertiary/aromatic N) is 4. The minimum atomic E-state index is -0.279. The van der Waals surface area contributed by atoms with E-state index in [9.17, 15) is 4.39 Å². The number of aromatic nitrogens is 4. The molecular formula is C14H12FN5S. The van der Waals surface area contributed by atoms with E-state index in [0.29, 0.717) is 18.2 Å². The maximum Gasteiger partial charge on any atom is 0.243 e. The first-order valence-electron chi connectivity index (χ1n) is 6.31. The van der Waals surface area contributed by atoms with Crippen LogP contribution in [0, 0.1) is 12.7 Å². The van der Waals surface area contributed by atoms with Crippen molar-refractivity contribution in [1.82, 2.24) is 20.2 Å². The van der Waals surface area contributed by atoms with Crippen LogP contribution in [0.2, 0.25) is 0 Å². The molecule has 0 saturated carbocycles. The van der Waals surface area contributed by atoms with Gasteiger partial charge in [-0.3, -0.25) is 0 Å². The first-order valence-corrected chi connectivity index (χ1v) is 7.19. The predicted molar refractivity (Wildman–Crippen MR) is 79.4 cm³/mol. The molecule has 0 aliphatic rings. The van der Waals surface area contributed by atoms with Gasteiger partial charge in [0.2, 0.25) is 5.95 Å². The van der Waals surface area contributed by atoms with E-state index in [4.69, 9.17) is 0 Å². The zero-order chi connectivity index (χ0) is 14.7.